The summed E-state index contributed by atoms with van der Waals surface area (Å²) < 4.78 is 0. The Hall–Kier alpha value is -2.13. The van der Waals surface area contributed by atoms with Gasteiger partial charge in [-0.2, -0.15) is 0 Å². The summed E-state index contributed by atoms with van der Waals surface area (Å²) in [6, 6.07) is 17.2. The van der Waals surface area contributed by atoms with E-state index in [9.17, 15) is 9.90 Å². The van der Waals surface area contributed by atoms with E-state index in [-0.39, 0.29) is 5.91 Å². The zero-order valence-electron chi connectivity index (χ0n) is 10.5. The molecule has 0 bridgehead atoms. The number of nitrogens with zero attached hydrogens (tertiary/aromatic N) is 1. The summed E-state index contributed by atoms with van der Waals surface area (Å²) in [7, 11) is 0. The number of fused-ring (bicyclic) bond motifs is 1. The minimum Gasteiger partial charge on any atom is -0.373 e. The molecule has 0 saturated carbocycles. The fourth-order valence-corrected chi connectivity index (χ4v) is 2.46. The van der Waals surface area contributed by atoms with Gasteiger partial charge in [0.05, 0.1) is 0 Å². The largest absolute Gasteiger partial charge is 0.373 e. The Bertz CT molecular complexity index is 595. The quantitative estimate of drug-likeness (QED) is 0.891. The SMILES string of the molecule is O=C1c2ccccc2CC(O)N1Cc1ccccc1. The van der Waals surface area contributed by atoms with E-state index < -0.39 is 6.23 Å². The molecule has 0 radical (unpaired) electrons. The van der Waals surface area contributed by atoms with Gasteiger partial charge in [-0.1, -0.05) is 48.5 Å². The third-order valence-corrected chi connectivity index (χ3v) is 3.47. The summed E-state index contributed by atoms with van der Waals surface area (Å²) >= 11 is 0. The van der Waals surface area contributed by atoms with Gasteiger partial charge in [-0.25, -0.2) is 0 Å². The summed E-state index contributed by atoms with van der Waals surface area (Å²) in [5.74, 6) is -0.0989. The fraction of sp³-hybridized carbons (Fsp3) is 0.188. The van der Waals surface area contributed by atoms with E-state index in [4.69, 9.17) is 0 Å². The number of benzene rings is 2. The van der Waals surface area contributed by atoms with E-state index in [1.165, 1.54) is 4.90 Å². The molecule has 3 heteroatoms. The molecule has 1 atom stereocenters. The molecule has 1 amide bonds. The summed E-state index contributed by atoms with van der Waals surface area (Å²) in [5, 5.41) is 10.2. The summed E-state index contributed by atoms with van der Waals surface area (Å²) in [5.41, 5.74) is 2.64. The van der Waals surface area contributed by atoms with Gasteiger partial charge in [-0.3, -0.25) is 4.79 Å². The highest BCUT2D eigenvalue weighted by Gasteiger charge is 2.30. The Balaban J connectivity index is 1.89. The first-order valence-corrected chi connectivity index (χ1v) is 6.36. The number of amides is 1. The highest BCUT2D eigenvalue weighted by atomic mass is 16.3. The van der Waals surface area contributed by atoms with E-state index in [2.05, 4.69) is 0 Å². The van der Waals surface area contributed by atoms with Gasteiger partial charge in [0.2, 0.25) is 0 Å². The van der Waals surface area contributed by atoms with Crippen LogP contribution in [-0.4, -0.2) is 22.1 Å². The first kappa shape index (κ1) is 11.9. The summed E-state index contributed by atoms with van der Waals surface area (Å²) in [4.78, 5) is 13.9. The molecular formula is C16H15NO2. The maximum atomic E-state index is 12.4. The minimum atomic E-state index is -0.748. The maximum Gasteiger partial charge on any atom is 0.256 e. The Kier molecular flexibility index (Phi) is 3.05. The third-order valence-electron chi connectivity index (χ3n) is 3.47. The van der Waals surface area contributed by atoms with Crippen LogP contribution in [0.5, 0.6) is 0 Å². The average Bonchev–Trinajstić information content (AvgIpc) is 2.45. The molecular weight excluding hydrogens is 238 g/mol. The highest BCUT2D eigenvalue weighted by molar-refractivity contribution is 5.96. The van der Waals surface area contributed by atoms with Crippen molar-refractivity contribution in [1.29, 1.82) is 0 Å². The predicted octanol–water partition coefficient (Wildman–Crippen LogP) is 2.20. The number of aliphatic hydroxyl groups excluding tert-OH is 1. The van der Waals surface area contributed by atoms with Crippen molar-refractivity contribution in [1.82, 2.24) is 4.90 Å². The average molecular weight is 253 g/mol. The molecule has 1 aliphatic heterocycles. The van der Waals surface area contributed by atoms with Gasteiger partial charge in [-0.05, 0) is 17.2 Å². The molecule has 1 aliphatic rings. The lowest BCUT2D eigenvalue weighted by molar-refractivity contribution is -0.00100. The van der Waals surface area contributed by atoms with E-state index >= 15 is 0 Å². The van der Waals surface area contributed by atoms with Crippen LogP contribution < -0.4 is 0 Å². The van der Waals surface area contributed by atoms with Crippen LogP contribution >= 0.6 is 0 Å². The van der Waals surface area contributed by atoms with Crippen LogP contribution in [0, 0.1) is 0 Å². The van der Waals surface area contributed by atoms with Crippen molar-refractivity contribution in [3.8, 4) is 0 Å². The molecule has 0 aromatic heterocycles. The number of hydrogen-bond acceptors (Lipinski definition) is 2. The highest BCUT2D eigenvalue weighted by Crippen LogP contribution is 2.23. The smallest absolute Gasteiger partial charge is 0.256 e. The molecule has 0 spiro atoms. The van der Waals surface area contributed by atoms with Crippen LogP contribution in [0.1, 0.15) is 21.5 Å². The topological polar surface area (TPSA) is 40.5 Å². The first-order valence-electron chi connectivity index (χ1n) is 6.36. The molecule has 96 valence electrons. The molecule has 3 nitrogen and oxygen atoms in total. The number of carbonyl (C=O) groups is 1. The number of hydrogen-bond donors (Lipinski definition) is 1. The molecule has 0 aliphatic carbocycles. The second kappa shape index (κ2) is 4.86. The first-order chi connectivity index (χ1) is 9.25. The normalized spacial score (nSPS) is 18.3. The van der Waals surface area contributed by atoms with E-state index in [0.29, 0.717) is 18.5 Å². The van der Waals surface area contributed by atoms with Crippen molar-refractivity contribution in [2.24, 2.45) is 0 Å². The Morgan fingerprint density at radius 1 is 1.05 bits per heavy atom. The molecule has 1 N–H and O–H groups in total. The van der Waals surface area contributed by atoms with Crippen molar-refractivity contribution in [2.45, 2.75) is 19.2 Å². The monoisotopic (exact) mass is 253 g/mol. The van der Waals surface area contributed by atoms with Gasteiger partial charge in [-0.15, -0.1) is 0 Å². The lowest BCUT2D eigenvalue weighted by Gasteiger charge is -2.33. The molecule has 1 unspecified atom stereocenters. The van der Waals surface area contributed by atoms with Crippen LogP contribution in [0.4, 0.5) is 0 Å². The zero-order chi connectivity index (χ0) is 13.2. The Morgan fingerprint density at radius 2 is 1.74 bits per heavy atom. The van der Waals surface area contributed by atoms with Gasteiger partial charge in [0.25, 0.3) is 5.91 Å². The van der Waals surface area contributed by atoms with Crippen LogP contribution in [-0.2, 0) is 13.0 Å². The predicted molar refractivity (Wildman–Crippen MR) is 72.5 cm³/mol. The van der Waals surface area contributed by atoms with Crippen LogP contribution in [0.2, 0.25) is 0 Å². The van der Waals surface area contributed by atoms with Crippen LogP contribution in [0.3, 0.4) is 0 Å². The van der Waals surface area contributed by atoms with Gasteiger partial charge in [0.1, 0.15) is 6.23 Å². The van der Waals surface area contributed by atoms with Gasteiger partial charge < -0.3 is 10.0 Å². The molecule has 0 fully saturated rings. The Morgan fingerprint density at radius 3 is 2.53 bits per heavy atom. The van der Waals surface area contributed by atoms with Crippen molar-refractivity contribution in [3.05, 3.63) is 71.3 Å². The van der Waals surface area contributed by atoms with Crippen LogP contribution in [0.25, 0.3) is 0 Å². The molecule has 19 heavy (non-hydrogen) atoms. The van der Waals surface area contributed by atoms with E-state index in [1.54, 1.807) is 0 Å². The zero-order valence-corrected chi connectivity index (χ0v) is 10.5. The second-order valence-corrected chi connectivity index (χ2v) is 4.76. The van der Waals surface area contributed by atoms with Crippen molar-refractivity contribution >= 4 is 5.91 Å². The van der Waals surface area contributed by atoms with Gasteiger partial charge in [0, 0.05) is 18.5 Å². The third kappa shape index (κ3) is 2.25. The van der Waals surface area contributed by atoms with Gasteiger partial charge >= 0.3 is 0 Å². The summed E-state index contributed by atoms with van der Waals surface area (Å²) in [6.45, 7) is 0.440. The molecule has 1 heterocycles. The number of aliphatic hydroxyl groups is 1. The summed E-state index contributed by atoms with van der Waals surface area (Å²) in [6.07, 6.45) is -0.253. The lowest BCUT2D eigenvalue weighted by atomic mass is 9.97. The fourth-order valence-electron chi connectivity index (χ4n) is 2.46. The second-order valence-electron chi connectivity index (χ2n) is 4.76. The molecule has 2 aromatic rings. The maximum absolute atomic E-state index is 12.4. The van der Waals surface area contributed by atoms with Gasteiger partial charge in [0.15, 0.2) is 0 Å². The standard InChI is InChI=1S/C16H15NO2/c18-15-10-13-8-4-5-9-14(13)16(19)17(15)11-12-6-2-1-3-7-12/h1-9,15,18H,10-11H2. The number of carbonyl (C=O) groups excluding carboxylic acids is 1. The molecule has 2 aromatic carbocycles. The minimum absolute atomic E-state index is 0.0989. The van der Waals surface area contributed by atoms with E-state index in [1.807, 2.05) is 54.6 Å². The van der Waals surface area contributed by atoms with Crippen molar-refractivity contribution in [3.63, 3.8) is 0 Å². The van der Waals surface area contributed by atoms with E-state index in [0.717, 1.165) is 11.1 Å². The Labute approximate surface area is 112 Å². The number of rotatable bonds is 2. The van der Waals surface area contributed by atoms with Crippen molar-refractivity contribution < 1.29 is 9.90 Å². The van der Waals surface area contributed by atoms with Crippen LogP contribution in [0.15, 0.2) is 54.6 Å². The van der Waals surface area contributed by atoms with Crippen molar-refractivity contribution in [2.75, 3.05) is 0 Å². The molecule has 0 saturated heterocycles. The lowest BCUT2D eigenvalue weighted by Crippen LogP contribution is -2.45. The molecule has 3 rings (SSSR count).